The molecule has 1 saturated heterocycles. The number of anilines is 3. The fraction of sp³-hybridized carbons (Fsp3) is 0.381. The van der Waals surface area contributed by atoms with Crippen LogP contribution in [0.25, 0.3) is 0 Å². The van der Waals surface area contributed by atoms with Gasteiger partial charge in [0.25, 0.3) is 0 Å². The van der Waals surface area contributed by atoms with Gasteiger partial charge in [-0.15, -0.1) is 0 Å². The van der Waals surface area contributed by atoms with Gasteiger partial charge >= 0.3 is 6.18 Å². The van der Waals surface area contributed by atoms with Crippen LogP contribution in [-0.4, -0.2) is 25.5 Å². The summed E-state index contributed by atoms with van der Waals surface area (Å²) in [6.07, 6.45) is -1.99. The third kappa shape index (κ3) is 5.41. The number of rotatable bonds is 5. The molecule has 1 amide bonds. The van der Waals surface area contributed by atoms with Crippen LogP contribution in [0.1, 0.15) is 25.3 Å². The fourth-order valence-corrected chi connectivity index (χ4v) is 3.19. The number of carbonyl (C=O) groups excluding carboxylic acids is 1. The van der Waals surface area contributed by atoms with Crippen molar-refractivity contribution in [1.29, 1.82) is 0 Å². The maximum atomic E-state index is 12.6. The first-order valence-corrected chi connectivity index (χ1v) is 9.37. The molecule has 0 unspecified atom stereocenters. The van der Waals surface area contributed by atoms with Crippen molar-refractivity contribution in [3.05, 3.63) is 54.1 Å². The highest BCUT2D eigenvalue weighted by atomic mass is 19.4. The largest absolute Gasteiger partial charge is 0.416 e. The lowest BCUT2D eigenvalue weighted by atomic mass is 9.99. The monoisotopic (exact) mass is 391 g/mol. The van der Waals surface area contributed by atoms with Gasteiger partial charge in [-0.25, -0.2) is 0 Å². The molecule has 1 aliphatic heterocycles. The first-order valence-electron chi connectivity index (χ1n) is 9.37. The molecule has 2 aromatic rings. The molecular formula is C21H24F3N3O. The van der Waals surface area contributed by atoms with Crippen LogP contribution in [-0.2, 0) is 11.0 Å². The lowest BCUT2D eigenvalue weighted by molar-refractivity contribution is -0.137. The van der Waals surface area contributed by atoms with E-state index in [1.807, 2.05) is 24.3 Å². The second-order valence-corrected chi connectivity index (χ2v) is 7.19. The summed E-state index contributed by atoms with van der Waals surface area (Å²) >= 11 is 0. The van der Waals surface area contributed by atoms with E-state index in [0.717, 1.165) is 36.8 Å². The van der Waals surface area contributed by atoms with Gasteiger partial charge < -0.3 is 15.5 Å². The van der Waals surface area contributed by atoms with E-state index in [9.17, 15) is 18.0 Å². The van der Waals surface area contributed by atoms with E-state index in [2.05, 4.69) is 22.5 Å². The van der Waals surface area contributed by atoms with Crippen molar-refractivity contribution in [2.24, 2.45) is 5.92 Å². The molecule has 0 saturated carbocycles. The molecule has 0 spiro atoms. The Kier molecular flexibility index (Phi) is 6.11. The molecule has 7 heteroatoms. The van der Waals surface area contributed by atoms with Gasteiger partial charge in [0.05, 0.1) is 12.1 Å². The number of halogens is 3. The lowest BCUT2D eigenvalue weighted by Gasteiger charge is -2.32. The van der Waals surface area contributed by atoms with Crippen molar-refractivity contribution >= 4 is 23.0 Å². The van der Waals surface area contributed by atoms with Crippen molar-refractivity contribution in [3.63, 3.8) is 0 Å². The average molecular weight is 391 g/mol. The van der Waals surface area contributed by atoms with E-state index in [1.54, 1.807) is 0 Å². The summed E-state index contributed by atoms with van der Waals surface area (Å²) in [7, 11) is 0. The Morgan fingerprint density at radius 3 is 2.14 bits per heavy atom. The van der Waals surface area contributed by atoms with E-state index in [0.29, 0.717) is 5.69 Å². The molecular weight excluding hydrogens is 367 g/mol. The van der Waals surface area contributed by atoms with Crippen LogP contribution in [0.5, 0.6) is 0 Å². The number of nitrogens with zero attached hydrogens (tertiary/aromatic N) is 1. The molecule has 150 valence electrons. The third-order valence-corrected chi connectivity index (χ3v) is 4.97. The Morgan fingerprint density at radius 1 is 1.00 bits per heavy atom. The number of piperidine rings is 1. The van der Waals surface area contributed by atoms with Gasteiger partial charge in [-0.3, -0.25) is 4.79 Å². The van der Waals surface area contributed by atoms with Crippen LogP contribution >= 0.6 is 0 Å². The molecule has 28 heavy (non-hydrogen) atoms. The normalized spacial score (nSPS) is 15.4. The van der Waals surface area contributed by atoms with Gasteiger partial charge in [0.1, 0.15) is 0 Å². The molecule has 1 heterocycles. The highest BCUT2D eigenvalue weighted by Crippen LogP contribution is 2.29. The van der Waals surface area contributed by atoms with Gasteiger partial charge in [0, 0.05) is 30.2 Å². The molecule has 2 N–H and O–H groups in total. The zero-order chi connectivity index (χ0) is 20.1. The first-order chi connectivity index (χ1) is 13.3. The summed E-state index contributed by atoms with van der Waals surface area (Å²) in [6.45, 7) is 4.43. The van der Waals surface area contributed by atoms with Crippen molar-refractivity contribution in [2.75, 3.05) is 35.2 Å². The summed E-state index contributed by atoms with van der Waals surface area (Å²) in [6, 6.07) is 12.3. The van der Waals surface area contributed by atoms with E-state index in [-0.39, 0.29) is 12.5 Å². The van der Waals surface area contributed by atoms with Crippen molar-refractivity contribution in [1.82, 2.24) is 0 Å². The minimum atomic E-state index is -4.39. The predicted octanol–water partition coefficient (Wildman–Crippen LogP) is 4.99. The predicted molar refractivity (Wildman–Crippen MR) is 106 cm³/mol. The highest BCUT2D eigenvalue weighted by molar-refractivity contribution is 5.93. The van der Waals surface area contributed by atoms with Crippen LogP contribution in [0, 0.1) is 5.92 Å². The molecule has 3 rings (SSSR count). The van der Waals surface area contributed by atoms with Crippen molar-refractivity contribution in [2.45, 2.75) is 25.9 Å². The quantitative estimate of drug-likeness (QED) is 0.755. The minimum absolute atomic E-state index is 0.0294. The maximum absolute atomic E-state index is 12.6. The average Bonchev–Trinajstić information content (AvgIpc) is 2.67. The van der Waals surface area contributed by atoms with Crippen molar-refractivity contribution in [3.8, 4) is 0 Å². The summed E-state index contributed by atoms with van der Waals surface area (Å²) < 4.78 is 37.7. The zero-order valence-corrected chi connectivity index (χ0v) is 15.7. The number of hydrogen-bond acceptors (Lipinski definition) is 3. The molecule has 0 aromatic heterocycles. The Hall–Kier alpha value is -2.70. The topological polar surface area (TPSA) is 44.4 Å². The zero-order valence-electron chi connectivity index (χ0n) is 15.7. The van der Waals surface area contributed by atoms with Crippen molar-refractivity contribution < 1.29 is 18.0 Å². The van der Waals surface area contributed by atoms with Gasteiger partial charge in [0.2, 0.25) is 5.91 Å². The summed E-state index contributed by atoms with van der Waals surface area (Å²) in [5.74, 6) is 0.453. The molecule has 0 radical (unpaired) electrons. The molecule has 1 fully saturated rings. The lowest BCUT2D eigenvalue weighted by Crippen LogP contribution is -2.32. The Balaban J connectivity index is 1.48. The Bertz CT molecular complexity index is 780. The van der Waals surface area contributed by atoms with Crippen LogP contribution in [0.4, 0.5) is 30.2 Å². The number of amides is 1. The molecule has 1 aliphatic rings. The Labute approximate surface area is 162 Å². The molecule has 4 nitrogen and oxygen atoms in total. The van der Waals surface area contributed by atoms with Crippen LogP contribution in [0.2, 0.25) is 0 Å². The van der Waals surface area contributed by atoms with Crippen LogP contribution in [0.3, 0.4) is 0 Å². The molecule has 0 atom stereocenters. The summed E-state index contributed by atoms with van der Waals surface area (Å²) in [5, 5.41) is 5.61. The SMILES string of the molecule is CC1CCN(c2ccc(NCC(=O)Nc3ccc(C(F)(F)F)cc3)cc2)CC1. The second-order valence-electron chi connectivity index (χ2n) is 7.19. The molecule has 0 aliphatic carbocycles. The van der Waals surface area contributed by atoms with Gasteiger partial charge in [-0.05, 0) is 67.3 Å². The Morgan fingerprint density at radius 2 is 1.57 bits per heavy atom. The van der Waals surface area contributed by atoms with E-state index in [1.165, 1.54) is 30.7 Å². The summed E-state index contributed by atoms with van der Waals surface area (Å²) in [5.41, 5.74) is 1.57. The maximum Gasteiger partial charge on any atom is 0.416 e. The van der Waals surface area contributed by atoms with E-state index >= 15 is 0 Å². The standard InChI is InChI=1S/C21H24F3N3O/c1-15-10-12-27(13-11-15)19-8-6-17(7-9-19)25-14-20(28)26-18-4-2-16(3-5-18)21(22,23)24/h2-9,15,25H,10-14H2,1H3,(H,26,28). The van der Waals surface area contributed by atoms with Gasteiger partial charge in [0.15, 0.2) is 0 Å². The van der Waals surface area contributed by atoms with Gasteiger partial charge in [-0.2, -0.15) is 13.2 Å². The smallest absolute Gasteiger partial charge is 0.376 e. The minimum Gasteiger partial charge on any atom is -0.376 e. The second kappa shape index (κ2) is 8.54. The highest BCUT2D eigenvalue weighted by Gasteiger charge is 2.29. The molecule has 0 bridgehead atoms. The number of benzene rings is 2. The number of hydrogen-bond donors (Lipinski definition) is 2. The summed E-state index contributed by atoms with van der Waals surface area (Å²) in [4.78, 5) is 14.4. The molecule has 2 aromatic carbocycles. The first kappa shape index (κ1) is 20.0. The third-order valence-electron chi connectivity index (χ3n) is 4.97. The van der Waals surface area contributed by atoms with E-state index < -0.39 is 11.7 Å². The van der Waals surface area contributed by atoms with Crippen LogP contribution in [0.15, 0.2) is 48.5 Å². The van der Waals surface area contributed by atoms with Crippen LogP contribution < -0.4 is 15.5 Å². The number of alkyl halides is 3. The fourth-order valence-electron chi connectivity index (χ4n) is 3.19. The van der Waals surface area contributed by atoms with Gasteiger partial charge in [-0.1, -0.05) is 6.92 Å². The number of carbonyl (C=O) groups is 1. The van der Waals surface area contributed by atoms with E-state index in [4.69, 9.17) is 0 Å². The number of nitrogens with one attached hydrogen (secondary N) is 2.